The van der Waals surface area contributed by atoms with Gasteiger partial charge in [-0.3, -0.25) is 0 Å². The summed E-state index contributed by atoms with van der Waals surface area (Å²) in [5.41, 5.74) is 2.92. The Morgan fingerprint density at radius 2 is 1.89 bits per heavy atom. The van der Waals surface area contributed by atoms with Crippen molar-refractivity contribution < 1.29 is 9.50 Å². The van der Waals surface area contributed by atoms with E-state index in [2.05, 4.69) is 21.2 Å². The predicted octanol–water partition coefficient (Wildman–Crippen LogP) is 4.04. The summed E-state index contributed by atoms with van der Waals surface area (Å²) in [5.74, 6) is -0.303. The molecule has 0 aliphatic carbocycles. The fourth-order valence-corrected chi connectivity index (χ4v) is 2.48. The van der Waals surface area contributed by atoms with Crippen LogP contribution in [0.2, 0.25) is 0 Å². The molecule has 2 aromatic carbocycles. The minimum absolute atomic E-state index is 0.0713. The quantitative estimate of drug-likeness (QED) is 0.889. The normalized spacial score (nSPS) is 12.2. The van der Waals surface area contributed by atoms with Crippen molar-refractivity contribution in [2.24, 2.45) is 0 Å². The lowest BCUT2D eigenvalue weighted by Crippen LogP contribution is -2.15. The summed E-state index contributed by atoms with van der Waals surface area (Å²) in [4.78, 5) is 0. The molecule has 1 atom stereocenters. The largest absolute Gasteiger partial charge is 0.394 e. The van der Waals surface area contributed by atoms with Gasteiger partial charge in [-0.25, -0.2) is 4.39 Å². The molecule has 0 saturated carbocycles. The number of hydrogen-bond donors (Lipinski definition) is 2. The second-order valence-electron chi connectivity index (χ2n) is 4.41. The smallest absolute Gasteiger partial charge is 0.124 e. The SMILES string of the molecule is Cc1ccc(NC(CO)c2ccc(F)cc2Br)cc1. The second kappa shape index (κ2) is 6.17. The Labute approximate surface area is 120 Å². The van der Waals surface area contributed by atoms with Crippen LogP contribution in [0.25, 0.3) is 0 Å². The second-order valence-corrected chi connectivity index (χ2v) is 5.27. The van der Waals surface area contributed by atoms with Gasteiger partial charge in [0.05, 0.1) is 12.6 Å². The number of aliphatic hydroxyl groups is 1. The van der Waals surface area contributed by atoms with Crippen LogP contribution in [0.4, 0.5) is 10.1 Å². The first-order valence-corrected chi connectivity index (χ1v) is 6.78. The number of halogens is 2. The van der Waals surface area contributed by atoms with Gasteiger partial charge in [0.2, 0.25) is 0 Å². The van der Waals surface area contributed by atoms with Gasteiger partial charge >= 0.3 is 0 Å². The first-order chi connectivity index (χ1) is 9.10. The highest BCUT2D eigenvalue weighted by Crippen LogP contribution is 2.27. The molecule has 0 saturated heterocycles. The van der Waals surface area contributed by atoms with Crippen molar-refractivity contribution >= 4 is 21.6 Å². The highest BCUT2D eigenvalue weighted by Gasteiger charge is 2.14. The first-order valence-electron chi connectivity index (χ1n) is 5.99. The molecule has 1 unspecified atom stereocenters. The molecule has 2 aromatic rings. The van der Waals surface area contributed by atoms with E-state index in [9.17, 15) is 9.50 Å². The summed E-state index contributed by atoms with van der Waals surface area (Å²) >= 11 is 3.32. The maximum absolute atomic E-state index is 13.1. The van der Waals surface area contributed by atoms with Gasteiger partial charge in [0.25, 0.3) is 0 Å². The van der Waals surface area contributed by atoms with Gasteiger partial charge in [0.15, 0.2) is 0 Å². The molecule has 0 spiro atoms. The molecule has 2 nitrogen and oxygen atoms in total. The third-order valence-electron chi connectivity index (χ3n) is 2.91. The Kier molecular flexibility index (Phi) is 4.56. The number of benzene rings is 2. The van der Waals surface area contributed by atoms with E-state index < -0.39 is 0 Å². The van der Waals surface area contributed by atoms with Crippen LogP contribution >= 0.6 is 15.9 Å². The molecular weight excluding hydrogens is 309 g/mol. The van der Waals surface area contributed by atoms with Crippen LogP contribution in [-0.2, 0) is 0 Å². The molecule has 4 heteroatoms. The fraction of sp³-hybridized carbons (Fsp3) is 0.200. The minimum atomic E-state index is -0.303. The van der Waals surface area contributed by atoms with Crippen molar-refractivity contribution in [2.45, 2.75) is 13.0 Å². The number of rotatable bonds is 4. The molecule has 0 aliphatic heterocycles. The van der Waals surface area contributed by atoms with Gasteiger partial charge in [0.1, 0.15) is 5.82 Å². The standard InChI is InChI=1S/C15H15BrFNO/c1-10-2-5-12(6-3-10)18-15(9-19)13-7-4-11(17)8-14(13)16/h2-8,15,18-19H,9H2,1H3. The molecule has 0 radical (unpaired) electrons. The Morgan fingerprint density at radius 3 is 2.47 bits per heavy atom. The molecule has 2 N–H and O–H groups in total. The third-order valence-corrected chi connectivity index (χ3v) is 3.60. The topological polar surface area (TPSA) is 32.3 Å². The molecule has 0 heterocycles. The number of aryl methyl sites for hydroxylation is 1. The lowest BCUT2D eigenvalue weighted by molar-refractivity contribution is 0.276. The van der Waals surface area contributed by atoms with E-state index in [1.807, 2.05) is 31.2 Å². The van der Waals surface area contributed by atoms with Crippen LogP contribution in [0.1, 0.15) is 17.2 Å². The lowest BCUT2D eigenvalue weighted by Gasteiger charge is -2.19. The maximum Gasteiger partial charge on any atom is 0.124 e. The number of nitrogens with one attached hydrogen (secondary N) is 1. The molecule has 0 aliphatic rings. The summed E-state index contributed by atoms with van der Waals surface area (Å²) in [6, 6.07) is 12.1. The van der Waals surface area contributed by atoms with E-state index in [0.717, 1.165) is 11.3 Å². The van der Waals surface area contributed by atoms with E-state index in [1.54, 1.807) is 6.07 Å². The van der Waals surface area contributed by atoms with Crippen LogP contribution < -0.4 is 5.32 Å². The van der Waals surface area contributed by atoms with E-state index in [4.69, 9.17) is 0 Å². The van der Waals surface area contributed by atoms with Gasteiger partial charge in [-0.1, -0.05) is 39.7 Å². The highest BCUT2D eigenvalue weighted by atomic mass is 79.9. The monoisotopic (exact) mass is 323 g/mol. The Morgan fingerprint density at radius 1 is 1.21 bits per heavy atom. The molecule has 0 bridgehead atoms. The van der Waals surface area contributed by atoms with Gasteiger partial charge in [-0.15, -0.1) is 0 Å². The Balaban J connectivity index is 2.22. The zero-order valence-corrected chi connectivity index (χ0v) is 12.1. The van der Waals surface area contributed by atoms with Crippen molar-refractivity contribution in [3.63, 3.8) is 0 Å². The average molecular weight is 324 g/mol. The fourth-order valence-electron chi connectivity index (χ4n) is 1.86. The number of anilines is 1. The zero-order valence-electron chi connectivity index (χ0n) is 10.5. The maximum atomic E-state index is 13.1. The van der Waals surface area contributed by atoms with Gasteiger partial charge < -0.3 is 10.4 Å². The van der Waals surface area contributed by atoms with Crippen LogP contribution in [0, 0.1) is 12.7 Å². The minimum Gasteiger partial charge on any atom is -0.394 e. The van der Waals surface area contributed by atoms with Gasteiger partial charge in [0, 0.05) is 10.2 Å². The average Bonchev–Trinajstić information content (AvgIpc) is 2.39. The Hall–Kier alpha value is -1.39. The number of aliphatic hydroxyl groups excluding tert-OH is 1. The molecule has 100 valence electrons. The van der Waals surface area contributed by atoms with Crippen LogP contribution in [0.5, 0.6) is 0 Å². The van der Waals surface area contributed by atoms with E-state index in [0.29, 0.717) is 4.47 Å². The predicted molar refractivity (Wildman–Crippen MR) is 78.7 cm³/mol. The molecular formula is C15H15BrFNO. The Bertz CT molecular complexity index is 557. The third kappa shape index (κ3) is 3.55. The lowest BCUT2D eigenvalue weighted by atomic mass is 10.1. The highest BCUT2D eigenvalue weighted by molar-refractivity contribution is 9.10. The molecule has 0 aromatic heterocycles. The molecule has 0 amide bonds. The van der Waals surface area contributed by atoms with Crippen molar-refractivity contribution in [1.82, 2.24) is 0 Å². The summed E-state index contributed by atoms with van der Waals surface area (Å²) in [6.45, 7) is 1.95. The van der Waals surface area contributed by atoms with Crippen molar-refractivity contribution in [1.29, 1.82) is 0 Å². The van der Waals surface area contributed by atoms with E-state index in [1.165, 1.54) is 17.7 Å². The summed E-state index contributed by atoms with van der Waals surface area (Å²) < 4.78 is 13.7. The summed E-state index contributed by atoms with van der Waals surface area (Å²) in [5, 5.41) is 12.7. The van der Waals surface area contributed by atoms with Crippen molar-refractivity contribution in [3.8, 4) is 0 Å². The van der Waals surface area contributed by atoms with E-state index in [-0.39, 0.29) is 18.5 Å². The zero-order chi connectivity index (χ0) is 13.8. The van der Waals surface area contributed by atoms with Crippen LogP contribution in [0.15, 0.2) is 46.9 Å². The van der Waals surface area contributed by atoms with Gasteiger partial charge in [-0.2, -0.15) is 0 Å². The number of hydrogen-bond acceptors (Lipinski definition) is 2. The molecule has 2 rings (SSSR count). The van der Waals surface area contributed by atoms with E-state index >= 15 is 0 Å². The van der Waals surface area contributed by atoms with Crippen LogP contribution in [0.3, 0.4) is 0 Å². The van der Waals surface area contributed by atoms with Gasteiger partial charge in [-0.05, 0) is 36.8 Å². The summed E-state index contributed by atoms with van der Waals surface area (Å²) in [7, 11) is 0. The van der Waals surface area contributed by atoms with Crippen molar-refractivity contribution in [2.75, 3.05) is 11.9 Å². The van der Waals surface area contributed by atoms with Crippen LogP contribution in [-0.4, -0.2) is 11.7 Å². The molecule has 19 heavy (non-hydrogen) atoms. The first kappa shape index (κ1) is 14.0. The van der Waals surface area contributed by atoms with Crippen molar-refractivity contribution in [3.05, 3.63) is 63.9 Å². The summed E-state index contributed by atoms with van der Waals surface area (Å²) in [6.07, 6.45) is 0. The molecule has 0 fully saturated rings.